The van der Waals surface area contributed by atoms with Crippen molar-refractivity contribution in [3.05, 3.63) is 35.6 Å². The summed E-state index contributed by atoms with van der Waals surface area (Å²) in [6, 6.07) is 6.40. The second-order valence-electron chi connectivity index (χ2n) is 8.07. The Morgan fingerprint density at radius 1 is 1.00 bits per heavy atom. The molecule has 154 valence electrons. The lowest BCUT2D eigenvalue weighted by molar-refractivity contribution is -0.126. The fourth-order valence-corrected chi connectivity index (χ4v) is 3.41. The van der Waals surface area contributed by atoms with Gasteiger partial charge in [0.25, 0.3) is 0 Å². The quantitative estimate of drug-likeness (QED) is 0.699. The van der Waals surface area contributed by atoms with Crippen molar-refractivity contribution < 1.29 is 9.18 Å². The smallest absolute Gasteiger partial charge is 0.218 e. The molecular formula is C23H39FN2O. The zero-order valence-electron chi connectivity index (χ0n) is 17.8. The highest BCUT2D eigenvalue weighted by Gasteiger charge is 2.18. The number of aryl methyl sites for hydroxylation is 1. The SMILES string of the molecule is C1CCC(CN2CCCCC2)CC1.CC(=O)N(C)C.Cc1ccc(F)cc1. The van der Waals surface area contributed by atoms with Crippen molar-refractivity contribution in [3.63, 3.8) is 0 Å². The first-order chi connectivity index (χ1) is 12.9. The second kappa shape index (κ2) is 13.7. The summed E-state index contributed by atoms with van der Waals surface area (Å²) >= 11 is 0. The Morgan fingerprint density at radius 2 is 1.48 bits per heavy atom. The maximum atomic E-state index is 12.1. The molecule has 1 heterocycles. The maximum absolute atomic E-state index is 12.1. The molecule has 1 aliphatic heterocycles. The van der Waals surface area contributed by atoms with E-state index in [4.69, 9.17) is 0 Å². The molecule has 1 aliphatic carbocycles. The highest BCUT2D eigenvalue weighted by molar-refractivity contribution is 5.72. The summed E-state index contributed by atoms with van der Waals surface area (Å²) in [6.07, 6.45) is 11.9. The summed E-state index contributed by atoms with van der Waals surface area (Å²) in [5.41, 5.74) is 1.09. The van der Waals surface area contributed by atoms with Gasteiger partial charge in [0.2, 0.25) is 5.91 Å². The third-order valence-corrected chi connectivity index (χ3v) is 5.33. The van der Waals surface area contributed by atoms with Gasteiger partial charge >= 0.3 is 0 Å². The molecule has 1 saturated carbocycles. The van der Waals surface area contributed by atoms with E-state index in [0.717, 1.165) is 11.5 Å². The van der Waals surface area contributed by atoms with Crippen LogP contribution in [0.2, 0.25) is 0 Å². The number of carbonyl (C=O) groups is 1. The number of benzene rings is 1. The molecule has 2 fully saturated rings. The van der Waals surface area contributed by atoms with Gasteiger partial charge in [0.1, 0.15) is 5.82 Å². The van der Waals surface area contributed by atoms with Crippen LogP contribution in [0.15, 0.2) is 24.3 Å². The van der Waals surface area contributed by atoms with Crippen molar-refractivity contribution >= 4 is 5.91 Å². The van der Waals surface area contributed by atoms with Crippen LogP contribution in [-0.4, -0.2) is 49.4 Å². The van der Waals surface area contributed by atoms with E-state index in [9.17, 15) is 9.18 Å². The number of rotatable bonds is 2. The van der Waals surface area contributed by atoms with Gasteiger partial charge in [0.05, 0.1) is 0 Å². The fourth-order valence-electron chi connectivity index (χ4n) is 3.41. The van der Waals surface area contributed by atoms with Gasteiger partial charge in [-0.1, -0.05) is 43.4 Å². The minimum absolute atomic E-state index is 0.0926. The predicted molar refractivity (Wildman–Crippen MR) is 112 cm³/mol. The zero-order valence-corrected chi connectivity index (χ0v) is 17.8. The number of nitrogens with zero attached hydrogens (tertiary/aromatic N) is 2. The Balaban J connectivity index is 0.000000224. The monoisotopic (exact) mass is 378 g/mol. The molecule has 0 aromatic heterocycles. The minimum Gasteiger partial charge on any atom is -0.349 e. The predicted octanol–water partition coefficient (Wildman–Crippen LogP) is 5.28. The van der Waals surface area contributed by atoms with Gasteiger partial charge in [0, 0.05) is 27.6 Å². The van der Waals surface area contributed by atoms with Gasteiger partial charge in [-0.2, -0.15) is 0 Å². The normalized spacial score (nSPS) is 17.8. The van der Waals surface area contributed by atoms with E-state index >= 15 is 0 Å². The van der Waals surface area contributed by atoms with Crippen LogP contribution < -0.4 is 0 Å². The highest BCUT2D eigenvalue weighted by atomic mass is 19.1. The molecule has 0 N–H and O–H groups in total. The van der Waals surface area contributed by atoms with Gasteiger partial charge in [-0.05, 0) is 63.7 Å². The first-order valence-corrected chi connectivity index (χ1v) is 10.5. The van der Waals surface area contributed by atoms with E-state index < -0.39 is 0 Å². The summed E-state index contributed by atoms with van der Waals surface area (Å²) in [5.74, 6) is 0.970. The standard InChI is InChI=1S/C12H23N.C7H7F.C4H9NO/c1-3-7-12(8-4-1)11-13-9-5-2-6-10-13;1-6-2-4-7(8)5-3-6;1-4(6)5(2)3/h12H,1-11H2;2-5H,1H3;1-3H3. The molecule has 0 atom stereocenters. The lowest BCUT2D eigenvalue weighted by atomic mass is 9.88. The third kappa shape index (κ3) is 11.8. The first-order valence-electron chi connectivity index (χ1n) is 10.5. The number of hydrogen-bond acceptors (Lipinski definition) is 2. The Labute approximate surface area is 165 Å². The third-order valence-electron chi connectivity index (χ3n) is 5.33. The van der Waals surface area contributed by atoms with Crippen molar-refractivity contribution in [3.8, 4) is 0 Å². The molecule has 1 aromatic carbocycles. The minimum atomic E-state index is -0.171. The van der Waals surface area contributed by atoms with Gasteiger partial charge < -0.3 is 9.80 Å². The lowest BCUT2D eigenvalue weighted by Gasteiger charge is -2.32. The number of carbonyl (C=O) groups excluding carboxylic acids is 1. The van der Waals surface area contributed by atoms with E-state index in [2.05, 4.69) is 4.90 Å². The van der Waals surface area contributed by atoms with E-state index in [1.807, 2.05) is 6.92 Å². The fraction of sp³-hybridized carbons (Fsp3) is 0.696. The average Bonchev–Trinajstić information content (AvgIpc) is 2.67. The van der Waals surface area contributed by atoms with Crippen LogP contribution in [-0.2, 0) is 4.79 Å². The number of piperidine rings is 1. The summed E-state index contributed by atoms with van der Waals surface area (Å²) in [6.45, 7) is 7.65. The molecule has 0 unspecified atom stereocenters. The van der Waals surface area contributed by atoms with Crippen LogP contribution in [0.5, 0.6) is 0 Å². The highest BCUT2D eigenvalue weighted by Crippen LogP contribution is 2.25. The zero-order chi connectivity index (χ0) is 20.1. The van der Waals surface area contributed by atoms with Crippen LogP contribution in [0.4, 0.5) is 4.39 Å². The Kier molecular flexibility index (Phi) is 12.0. The van der Waals surface area contributed by atoms with Crippen LogP contribution in [0, 0.1) is 18.7 Å². The Hall–Kier alpha value is -1.42. The first kappa shape index (κ1) is 23.6. The molecule has 3 rings (SSSR count). The van der Waals surface area contributed by atoms with E-state index in [1.54, 1.807) is 26.2 Å². The molecule has 4 heteroatoms. The average molecular weight is 379 g/mol. The van der Waals surface area contributed by atoms with Crippen molar-refractivity contribution in [2.75, 3.05) is 33.7 Å². The lowest BCUT2D eigenvalue weighted by Crippen LogP contribution is -2.34. The number of likely N-dealkylation sites (tertiary alicyclic amines) is 1. The van der Waals surface area contributed by atoms with Crippen LogP contribution >= 0.6 is 0 Å². The van der Waals surface area contributed by atoms with Crippen LogP contribution in [0.3, 0.4) is 0 Å². The van der Waals surface area contributed by atoms with Crippen molar-refractivity contribution in [2.45, 2.75) is 65.2 Å². The molecule has 0 spiro atoms. The Bertz CT molecular complexity index is 467. The van der Waals surface area contributed by atoms with Crippen molar-refractivity contribution in [1.29, 1.82) is 0 Å². The van der Waals surface area contributed by atoms with Crippen LogP contribution in [0.1, 0.15) is 63.9 Å². The summed E-state index contributed by atoms with van der Waals surface area (Å²) in [5, 5.41) is 0. The van der Waals surface area contributed by atoms with Crippen LogP contribution in [0.25, 0.3) is 0 Å². The summed E-state index contributed by atoms with van der Waals surface area (Å²) in [7, 11) is 3.45. The molecule has 3 nitrogen and oxygen atoms in total. The molecule has 1 aromatic rings. The number of hydrogen-bond donors (Lipinski definition) is 0. The van der Waals surface area contributed by atoms with Gasteiger partial charge in [-0.25, -0.2) is 4.39 Å². The molecule has 1 amide bonds. The molecule has 0 radical (unpaired) electrons. The van der Waals surface area contributed by atoms with Gasteiger partial charge in [-0.15, -0.1) is 0 Å². The molecule has 1 saturated heterocycles. The maximum Gasteiger partial charge on any atom is 0.218 e. The second-order valence-corrected chi connectivity index (χ2v) is 8.07. The van der Waals surface area contributed by atoms with E-state index in [-0.39, 0.29) is 11.7 Å². The number of amides is 1. The van der Waals surface area contributed by atoms with Crippen molar-refractivity contribution in [1.82, 2.24) is 9.80 Å². The number of halogens is 1. The largest absolute Gasteiger partial charge is 0.349 e. The van der Waals surface area contributed by atoms with E-state index in [0.29, 0.717) is 0 Å². The molecule has 27 heavy (non-hydrogen) atoms. The molecule has 2 aliphatic rings. The van der Waals surface area contributed by atoms with Crippen molar-refractivity contribution in [2.24, 2.45) is 5.92 Å². The van der Waals surface area contributed by atoms with E-state index in [1.165, 1.54) is 95.0 Å². The summed E-state index contributed by atoms with van der Waals surface area (Å²) in [4.78, 5) is 14.3. The summed E-state index contributed by atoms with van der Waals surface area (Å²) < 4.78 is 12.1. The topological polar surface area (TPSA) is 23.6 Å². The Morgan fingerprint density at radius 3 is 1.93 bits per heavy atom. The molecule has 0 bridgehead atoms. The molecular weight excluding hydrogens is 339 g/mol. The van der Waals surface area contributed by atoms with Gasteiger partial charge in [-0.3, -0.25) is 4.79 Å². The van der Waals surface area contributed by atoms with Gasteiger partial charge in [0.15, 0.2) is 0 Å².